The minimum Gasteiger partial charge on any atom is -0.379 e. The fourth-order valence-corrected chi connectivity index (χ4v) is 3.57. The zero-order valence-corrected chi connectivity index (χ0v) is 12.9. The molecule has 1 saturated heterocycles. The molecule has 0 amide bonds. The van der Waals surface area contributed by atoms with Crippen molar-refractivity contribution in [3.05, 3.63) is 34.3 Å². The van der Waals surface area contributed by atoms with E-state index >= 15 is 0 Å². The van der Waals surface area contributed by atoms with Crippen LogP contribution in [0.5, 0.6) is 0 Å². The lowest BCUT2D eigenvalue weighted by molar-refractivity contribution is 0.0115. The van der Waals surface area contributed by atoms with E-state index in [1.807, 2.05) is 6.07 Å². The fraction of sp³-hybridized carbons (Fsp3) is 0.625. The molecule has 0 N–H and O–H groups in total. The van der Waals surface area contributed by atoms with Crippen molar-refractivity contribution in [2.45, 2.75) is 25.9 Å². The van der Waals surface area contributed by atoms with Gasteiger partial charge in [-0.05, 0) is 30.5 Å². The lowest BCUT2D eigenvalue weighted by Crippen LogP contribution is -2.48. The molecule has 2 heterocycles. The van der Waals surface area contributed by atoms with Crippen LogP contribution >= 0.6 is 11.6 Å². The van der Waals surface area contributed by atoms with Gasteiger partial charge in [0.1, 0.15) is 0 Å². The van der Waals surface area contributed by atoms with Crippen molar-refractivity contribution in [3.8, 4) is 0 Å². The molecule has 1 aromatic carbocycles. The third-order valence-corrected chi connectivity index (χ3v) is 4.83. The highest BCUT2D eigenvalue weighted by molar-refractivity contribution is 6.31. The number of hydrogen-bond donors (Lipinski definition) is 0. The third kappa shape index (κ3) is 3.17. The van der Waals surface area contributed by atoms with E-state index in [0.29, 0.717) is 6.04 Å². The van der Waals surface area contributed by atoms with Crippen LogP contribution in [0.25, 0.3) is 0 Å². The summed E-state index contributed by atoms with van der Waals surface area (Å²) in [4.78, 5) is 5.09. The van der Waals surface area contributed by atoms with Crippen molar-refractivity contribution in [3.63, 3.8) is 0 Å². The van der Waals surface area contributed by atoms with Gasteiger partial charge in [-0.15, -0.1) is 0 Å². The van der Waals surface area contributed by atoms with Crippen LogP contribution in [0.4, 0.5) is 0 Å². The summed E-state index contributed by atoms with van der Waals surface area (Å²) in [5, 5.41) is 0.934. The van der Waals surface area contributed by atoms with Crippen LogP contribution in [-0.4, -0.2) is 55.2 Å². The standard InChI is InChI=1S/C16H23ClN2O/c1-13(19-7-9-20-10-8-19)11-18-6-5-15-14(12-18)3-2-4-16(15)17/h2-4,13H,5-12H2,1H3/t13-/m0/s1. The largest absolute Gasteiger partial charge is 0.379 e. The predicted octanol–water partition coefficient (Wildman–Crippen LogP) is 2.42. The normalized spacial score (nSPS) is 22.5. The van der Waals surface area contributed by atoms with Crippen molar-refractivity contribution < 1.29 is 4.74 Å². The molecule has 1 atom stereocenters. The maximum atomic E-state index is 6.28. The second-order valence-electron chi connectivity index (χ2n) is 5.86. The summed E-state index contributed by atoms with van der Waals surface area (Å²) in [6.07, 6.45) is 1.07. The smallest absolute Gasteiger partial charge is 0.0594 e. The van der Waals surface area contributed by atoms with Gasteiger partial charge in [-0.25, -0.2) is 0 Å². The highest BCUT2D eigenvalue weighted by atomic mass is 35.5. The quantitative estimate of drug-likeness (QED) is 0.851. The minimum atomic E-state index is 0.597. The molecule has 2 aliphatic rings. The Kier molecular flexibility index (Phi) is 4.61. The molecule has 0 saturated carbocycles. The van der Waals surface area contributed by atoms with Crippen molar-refractivity contribution >= 4 is 11.6 Å². The molecule has 3 rings (SSSR count). The molecular weight excluding hydrogens is 272 g/mol. The number of hydrogen-bond acceptors (Lipinski definition) is 3. The first kappa shape index (κ1) is 14.3. The predicted molar refractivity (Wildman–Crippen MR) is 82.3 cm³/mol. The maximum Gasteiger partial charge on any atom is 0.0594 e. The number of nitrogens with zero attached hydrogens (tertiary/aromatic N) is 2. The molecule has 20 heavy (non-hydrogen) atoms. The van der Waals surface area contributed by atoms with Crippen LogP contribution in [0.1, 0.15) is 18.1 Å². The lowest BCUT2D eigenvalue weighted by Gasteiger charge is -2.37. The molecule has 1 aromatic rings. The zero-order chi connectivity index (χ0) is 13.9. The molecule has 0 aromatic heterocycles. The number of benzene rings is 1. The average molecular weight is 295 g/mol. The number of morpholine rings is 1. The summed E-state index contributed by atoms with van der Waals surface area (Å²) >= 11 is 6.28. The lowest BCUT2D eigenvalue weighted by atomic mass is 9.99. The Bertz CT molecular complexity index is 460. The van der Waals surface area contributed by atoms with Gasteiger partial charge >= 0.3 is 0 Å². The summed E-state index contributed by atoms with van der Waals surface area (Å²) in [5.74, 6) is 0. The van der Waals surface area contributed by atoms with E-state index in [0.717, 1.165) is 57.4 Å². The van der Waals surface area contributed by atoms with Gasteiger partial charge < -0.3 is 4.74 Å². The highest BCUT2D eigenvalue weighted by Gasteiger charge is 2.23. The van der Waals surface area contributed by atoms with Crippen molar-refractivity contribution in [2.24, 2.45) is 0 Å². The molecule has 4 heteroatoms. The van der Waals surface area contributed by atoms with Crippen LogP contribution in [0.2, 0.25) is 5.02 Å². The van der Waals surface area contributed by atoms with Gasteiger partial charge in [-0.1, -0.05) is 23.7 Å². The molecule has 2 aliphatic heterocycles. The number of rotatable bonds is 3. The molecule has 0 unspecified atom stereocenters. The van der Waals surface area contributed by atoms with Crippen molar-refractivity contribution in [1.29, 1.82) is 0 Å². The molecule has 0 spiro atoms. The Morgan fingerprint density at radius 2 is 2.05 bits per heavy atom. The summed E-state index contributed by atoms with van der Waals surface area (Å²) < 4.78 is 5.43. The van der Waals surface area contributed by atoms with E-state index in [4.69, 9.17) is 16.3 Å². The fourth-order valence-electron chi connectivity index (χ4n) is 3.28. The molecule has 3 nitrogen and oxygen atoms in total. The molecule has 0 aliphatic carbocycles. The van der Waals surface area contributed by atoms with Gasteiger partial charge in [0.25, 0.3) is 0 Å². The third-order valence-electron chi connectivity index (χ3n) is 4.48. The Hall–Kier alpha value is -0.610. The van der Waals surface area contributed by atoms with E-state index in [2.05, 4.69) is 28.9 Å². The van der Waals surface area contributed by atoms with Gasteiger partial charge in [0, 0.05) is 43.8 Å². The highest BCUT2D eigenvalue weighted by Crippen LogP contribution is 2.26. The molecule has 1 fully saturated rings. The molecule has 0 radical (unpaired) electrons. The Morgan fingerprint density at radius 3 is 2.85 bits per heavy atom. The SMILES string of the molecule is C[C@@H](CN1CCc2c(Cl)cccc2C1)N1CCOCC1. The van der Waals surface area contributed by atoms with Gasteiger partial charge in [-0.2, -0.15) is 0 Å². The van der Waals surface area contributed by atoms with Crippen molar-refractivity contribution in [2.75, 3.05) is 39.4 Å². The van der Waals surface area contributed by atoms with Gasteiger partial charge in [-0.3, -0.25) is 9.80 Å². The number of halogens is 1. The van der Waals surface area contributed by atoms with Gasteiger partial charge in [0.15, 0.2) is 0 Å². The Balaban J connectivity index is 1.59. The minimum absolute atomic E-state index is 0.597. The Morgan fingerprint density at radius 1 is 1.25 bits per heavy atom. The Labute approximate surface area is 126 Å². The number of ether oxygens (including phenoxy) is 1. The van der Waals surface area contributed by atoms with Crippen LogP contribution < -0.4 is 0 Å². The second-order valence-corrected chi connectivity index (χ2v) is 6.27. The van der Waals surface area contributed by atoms with Gasteiger partial charge in [0.2, 0.25) is 0 Å². The van der Waals surface area contributed by atoms with Crippen LogP contribution in [0, 0.1) is 0 Å². The first-order valence-electron chi connectivity index (χ1n) is 7.54. The monoisotopic (exact) mass is 294 g/mol. The van der Waals surface area contributed by atoms with E-state index in [9.17, 15) is 0 Å². The molecular formula is C16H23ClN2O. The average Bonchev–Trinajstić information content (AvgIpc) is 2.48. The van der Waals surface area contributed by atoms with Crippen LogP contribution in [-0.2, 0) is 17.7 Å². The maximum absolute atomic E-state index is 6.28. The second kappa shape index (κ2) is 6.44. The first-order valence-corrected chi connectivity index (χ1v) is 7.92. The van der Waals surface area contributed by atoms with Gasteiger partial charge in [0.05, 0.1) is 13.2 Å². The number of fused-ring (bicyclic) bond motifs is 1. The zero-order valence-electron chi connectivity index (χ0n) is 12.1. The summed E-state index contributed by atoms with van der Waals surface area (Å²) in [6.45, 7) is 9.50. The van der Waals surface area contributed by atoms with Crippen LogP contribution in [0.3, 0.4) is 0 Å². The summed E-state index contributed by atoms with van der Waals surface area (Å²) in [6, 6.07) is 6.88. The van der Waals surface area contributed by atoms with Crippen LogP contribution in [0.15, 0.2) is 18.2 Å². The topological polar surface area (TPSA) is 15.7 Å². The van der Waals surface area contributed by atoms with E-state index in [1.165, 1.54) is 11.1 Å². The van der Waals surface area contributed by atoms with E-state index < -0.39 is 0 Å². The van der Waals surface area contributed by atoms with Crippen molar-refractivity contribution in [1.82, 2.24) is 9.80 Å². The molecule has 110 valence electrons. The summed E-state index contributed by atoms with van der Waals surface area (Å²) in [5.41, 5.74) is 2.75. The first-order chi connectivity index (χ1) is 9.74. The molecule has 0 bridgehead atoms. The summed E-state index contributed by atoms with van der Waals surface area (Å²) in [7, 11) is 0. The van der Waals surface area contributed by atoms with E-state index in [1.54, 1.807) is 0 Å². The van der Waals surface area contributed by atoms with E-state index in [-0.39, 0.29) is 0 Å².